The molecule has 1 fully saturated rings. The molecule has 18 heavy (non-hydrogen) atoms. The van der Waals surface area contributed by atoms with E-state index in [1.54, 1.807) is 0 Å². The third kappa shape index (κ3) is 2.85. The zero-order valence-corrected chi connectivity index (χ0v) is 10.0. The zero-order chi connectivity index (χ0) is 13.2. The van der Waals surface area contributed by atoms with E-state index in [0.717, 1.165) is 18.9 Å². The molecule has 1 aliphatic carbocycles. The van der Waals surface area contributed by atoms with Crippen LogP contribution in [-0.4, -0.2) is 19.0 Å². The van der Waals surface area contributed by atoms with Gasteiger partial charge in [-0.15, -0.1) is 0 Å². The summed E-state index contributed by atoms with van der Waals surface area (Å²) in [5, 5.41) is 2.76. The highest BCUT2D eigenvalue weighted by molar-refractivity contribution is 5.85. The molecule has 1 aliphatic rings. The van der Waals surface area contributed by atoms with Crippen LogP contribution in [-0.2, 0) is 11.2 Å². The second-order valence-electron chi connectivity index (χ2n) is 4.77. The number of amides is 1. The maximum absolute atomic E-state index is 12.9. The molecule has 0 unspecified atom stereocenters. The fraction of sp³-hybridized carbons (Fsp3) is 0.462. The normalized spacial score (nSPS) is 16.4. The third-order valence-electron chi connectivity index (χ3n) is 3.35. The number of hydrogen-bond acceptors (Lipinski definition) is 2. The summed E-state index contributed by atoms with van der Waals surface area (Å²) in [6.07, 6.45) is 2.05. The molecule has 1 amide bonds. The molecule has 98 valence electrons. The summed E-state index contributed by atoms with van der Waals surface area (Å²) < 4.78 is 25.8. The van der Waals surface area contributed by atoms with Crippen molar-refractivity contribution in [3.63, 3.8) is 0 Å². The van der Waals surface area contributed by atoms with Gasteiger partial charge in [-0.05, 0) is 37.0 Å². The second kappa shape index (κ2) is 5.02. The van der Waals surface area contributed by atoms with Crippen molar-refractivity contribution in [3.8, 4) is 0 Å². The number of nitrogens with two attached hydrogens (primary N) is 1. The summed E-state index contributed by atoms with van der Waals surface area (Å²) in [5.74, 6) is -1.25. The Labute approximate surface area is 104 Å². The van der Waals surface area contributed by atoms with Gasteiger partial charge in [0.1, 0.15) is 11.6 Å². The van der Waals surface area contributed by atoms with Crippen LogP contribution in [0.25, 0.3) is 0 Å². The minimum atomic E-state index is -0.600. The molecule has 0 bridgehead atoms. The van der Waals surface area contributed by atoms with Gasteiger partial charge in [0, 0.05) is 19.2 Å². The predicted molar refractivity (Wildman–Crippen MR) is 63.8 cm³/mol. The molecule has 0 aliphatic heterocycles. The Morgan fingerprint density at radius 3 is 2.39 bits per heavy atom. The van der Waals surface area contributed by atoms with Crippen molar-refractivity contribution in [1.29, 1.82) is 0 Å². The minimum Gasteiger partial charge on any atom is -0.355 e. The Hall–Kier alpha value is -1.49. The average Bonchev–Trinajstić information content (AvgIpc) is 3.08. The van der Waals surface area contributed by atoms with E-state index >= 15 is 0 Å². The van der Waals surface area contributed by atoms with E-state index in [1.165, 1.54) is 12.1 Å². The van der Waals surface area contributed by atoms with Crippen LogP contribution in [0.15, 0.2) is 18.2 Å². The largest absolute Gasteiger partial charge is 0.355 e. The van der Waals surface area contributed by atoms with Gasteiger partial charge in [-0.2, -0.15) is 0 Å². The van der Waals surface area contributed by atoms with Crippen molar-refractivity contribution in [1.82, 2.24) is 5.32 Å². The molecular formula is C13H16F2N2O. The quantitative estimate of drug-likeness (QED) is 0.833. The number of nitrogens with one attached hydrogen (secondary N) is 1. The molecule has 2 rings (SSSR count). The zero-order valence-electron chi connectivity index (χ0n) is 10.0. The Morgan fingerprint density at radius 2 is 1.89 bits per heavy atom. The summed E-state index contributed by atoms with van der Waals surface area (Å²) >= 11 is 0. The summed E-state index contributed by atoms with van der Waals surface area (Å²) in [5.41, 5.74) is 5.68. The Morgan fingerprint density at radius 1 is 1.28 bits per heavy atom. The van der Waals surface area contributed by atoms with E-state index in [9.17, 15) is 13.6 Å². The minimum absolute atomic E-state index is 0.0538. The molecule has 0 saturated heterocycles. The SMILES string of the molecule is NCC1(C(=O)NCCc2cc(F)cc(F)c2)CC1. The summed E-state index contributed by atoms with van der Waals surface area (Å²) in [7, 11) is 0. The van der Waals surface area contributed by atoms with Gasteiger partial charge in [0.05, 0.1) is 5.41 Å². The monoisotopic (exact) mass is 254 g/mol. The molecule has 1 aromatic rings. The molecule has 3 nitrogen and oxygen atoms in total. The standard InChI is InChI=1S/C13H16F2N2O/c14-10-5-9(6-11(15)7-10)1-4-17-12(18)13(8-16)2-3-13/h5-7H,1-4,8,16H2,(H,17,18). The lowest BCUT2D eigenvalue weighted by molar-refractivity contribution is -0.125. The topological polar surface area (TPSA) is 55.1 Å². The van der Waals surface area contributed by atoms with Crippen molar-refractivity contribution in [3.05, 3.63) is 35.4 Å². The number of carbonyl (C=O) groups is 1. The first-order valence-corrected chi connectivity index (χ1v) is 5.99. The lowest BCUT2D eigenvalue weighted by Crippen LogP contribution is -2.37. The number of rotatable bonds is 5. The number of hydrogen-bond donors (Lipinski definition) is 2. The molecule has 0 atom stereocenters. The van der Waals surface area contributed by atoms with Crippen LogP contribution in [0.3, 0.4) is 0 Å². The fourth-order valence-corrected chi connectivity index (χ4v) is 1.94. The fourth-order valence-electron chi connectivity index (χ4n) is 1.94. The van der Waals surface area contributed by atoms with Gasteiger partial charge in [0.25, 0.3) is 0 Å². The molecule has 5 heteroatoms. The van der Waals surface area contributed by atoms with Gasteiger partial charge in [0.2, 0.25) is 5.91 Å². The highest BCUT2D eigenvalue weighted by Crippen LogP contribution is 2.44. The summed E-state index contributed by atoms with van der Waals surface area (Å²) in [6.45, 7) is 0.719. The molecular weight excluding hydrogens is 238 g/mol. The van der Waals surface area contributed by atoms with Gasteiger partial charge in [-0.1, -0.05) is 0 Å². The number of carbonyl (C=O) groups excluding carboxylic acids is 1. The van der Waals surface area contributed by atoms with E-state index in [1.807, 2.05) is 0 Å². The third-order valence-corrected chi connectivity index (χ3v) is 3.35. The van der Waals surface area contributed by atoms with Crippen molar-refractivity contribution >= 4 is 5.91 Å². The van der Waals surface area contributed by atoms with Crippen LogP contribution < -0.4 is 11.1 Å². The molecule has 0 heterocycles. The number of halogens is 2. The van der Waals surface area contributed by atoms with Gasteiger partial charge in [-0.25, -0.2) is 8.78 Å². The van der Waals surface area contributed by atoms with Crippen molar-refractivity contribution in [2.45, 2.75) is 19.3 Å². The summed E-state index contributed by atoms with van der Waals surface area (Å²) in [4.78, 5) is 11.7. The predicted octanol–water partition coefficient (Wildman–Crippen LogP) is 1.36. The molecule has 3 N–H and O–H groups in total. The Kier molecular flexibility index (Phi) is 3.61. The van der Waals surface area contributed by atoms with E-state index in [0.29, 0.717) is 25.1 Å². The van der Waals surface area contributed by atoms with E-state index in [2.05, 4.69) is 5.32 Å². The van der Waals surface area contributed by atoms with Crippen LogP contribution in [0.4, 0.5) is 8.78 Å². The molecule has 1 saturated carbocycles. The van der Waals surface area contributed by atoms with Crippen LogP contribution in [0, 0.1) is 17.0 Å². The van der Waals surface area contributed by atoms with Crippen LogP contribution in [0.5, 0.6) is 0 Å². The average molecular weight is 254 g/mol. The lowest BCUT2D eigenvalue weighted by Gasteiger charge is -2.12. The smallest absolute Gasteiger partial charge is 0.227 e. The molecule has 0 aromatic heterocycles. The lowest BCUT2D eigenvalue weighted by atomic mass is 10.1. The first kappa shape index (κ1) is 13.0. The maximum Gasteiger partial charge on any atom is 0.227 e. The first-order valence-electron chi connectivity index (χ1n) is 5.99. The highest BCUT2D eigenvalue weighted by Gasteiger charge is 2.48. The van der Waals surface area contributed by atoms with Crippen molar-refractivity contribution < 1.29 is 13.6 Å². The number of benzene rings is 1. The van der Waals surface area contributed by atoms with E-state index in [-0.39, 0.29) is 11.3 Å². The van der Waals surface area contributed by atoms with Gasteiger partial charge >= 0.3 is 0 Å². The van der Waals surface area contributed by atoms with Crippen LogP contribution in [0.2, 0.25) is 0 Å². The second-order valence-corrected chi connectivity index (χ2v) is 4.77. The molecule has 0 radical (unpaired) electrons. The van der Waals surface area contributed by atoms with Gasteiger partial charge < -0.3 is 11.1 Å². The van der Waals surface area contributed by atoms with Crippen molar-refractivity contribution in [2.24, 2.45) is 11.1 Å². The highest BCUT2D eigenvalue weighted by atomic mass is 19.1. The molecule has 1 aromatic carbocycles. The maximum atomic E-state index is 12.9. The Bertz CT molecular complexity index is 438. The van der Waals surface area contributed by atoms with Gasteiger partial charge in [-0.3, -0.25) is 4.79 Å². The van der Waals surface area contributed by atoms with E-state index < -0.39 is 11.6 Å². The first-order chi connectivity index (χ1) is 8.55. The van der Waals surface area contributed by atoms with E-state index in [4.69, 9.17) is 5.73 Å². The van der Waals surface area contributed by atoms with Crippen LogP contribution in [0.1, 0.15) is 18.4 Å². The van der Waals surface area contributed by atoms with Gasteiger partial charge in [0.15, 0.2) is 0 Å². The Balaban J connectivity index is 1.83. The van der Waals surface area contributed by atoms with Crippen LogP contribution >= 0.6 is 0 Å². The van der Waals surface area contributed by atoms with Crippen molar-refractivity contribution in [2.75, 3.05) is 13.1 Å². The molecule has 0 spiro atoms. The summed E-state index contributed by atoms with van der Waals surface area (Å²) in [6, 6.07) is 3.37.